The maximum atomic E-state index is 14.9. The third-order valence-electron chi connectivity index (χ3n) is 11.3. The van der Waals surface area contributed by atoms with E-state index in [0.717, 1.165) is 23.5 Å². The second-order valence-electron chi connectivity index (χ2n) is 16.8. The summed E-state index contributed by atoms with van der Waals surface area (Å²) in [6, 6.07) is 8.88. The smallest absolute Gasteiger partial charge is 0.416 e. The van der Waals surface area contributed by atoms with Crippen molar-refractivity contribution in [3.05, 3.63) is 77.8 Å². The number of amides is 3. The number of carbonyl (C=O) groups excluding carboxylic acids is 4. The Labute approximate surface area is 362 Å². The highest BCUT2D eigenvalue weighted by Crippen LogP contribution is 2.46. The fourth-order valence-electron chi connectivity index (χ4n) is 7.61. The number of anilines is 1. The number of aromatic nitrogens is 3. The molecule has 5 aromatic rings. The number of thiazole rings is 1. The molecule has 3 N–H and O–H groups in total. The monoisotopic (exact) mass is 909 g/mol. The average molecular weight is 910 g/mol. The van der Waals surface area contributed by atoms with E-state index in [1.54, 1.807) is 45.0 Å². The first-order valence-corrected chi connectivity index (χ1v) is 22.3. The van der Waals surface area contributed by atoms with E-state index in [1.165, 1.54) is 35.6 Å². The van der Waals surface area contributed by atoms with Crippen LogP contribution in [0.4, 0.5) is 18.3 Å². The lowest BCUT2D eigenvalue weighted by atomic mass is 9.85. The Morgan fingerprint density at radius 3 is 2.40 bits per heavy atom. The van der Waals surface area contributed by atoms with Crippen molar-refractivity contribution in [2.45, 2.75) is 81.6 Å². The number of esters is 1. The number of para-hydroxylation sites is 1. The first-order valence-electron chi connectivity index (χ1n) is 19.9. The van der Waals surface area contributed by atoms with E-state index in [4.69, 9.17) is 13.9 Å². The third kappa shape index (κ3) is 8.54. The second kappa shape index (κ2) is 15.9. The van der Waals surface area contributed by atoms with Gasteiger partial charge in [0.15, 0.2) is 16.6 Å². The minimum atomic E-state index is -4.58. The number of nitrogens with zero attached hydrogens (tertiary/aromatic N) is 4. The van der Waals surface area contributed by atoms with Crippen LogP contribution in [0.5, 0.6) is 5.88 Å². The number of ether oxygens (including phenoxy) is 2. The average Bonchev–Trinajstić information content (AvgIpc) is 4.07. The molecular weight excluding hydrogens is 868 g/mol. The number of halogens is 3. The summed E-state index contributed by atoms with van der Waals surface area (Å²) >= 11 is 1.06. The van der Waals surface area contributed by atoms with Gasteiger partial charge in [0.25, 0.3) is 11.8 Å². The molecule has 63 heavy (non-hydrogen) atoms. The number of alkyl halides is 3. The number of sulfonamides is 1. The number of hydrogen-bond acceptors (Lipinski definition) is 14. The number of fused-ring (bicyclic) bond motifs is 3. The Kier molecular flexibility index (Phi) is 11.0. The number of benzene rings is 2. The molecule has 2 aromatic carbocycles. The molecule has 0 bridgehead atoms. The van der Waals surface area contributed by atoms with Crippen LogP contribution in [0.25, 0.3) is 33.5 Å². The summed E-state index contributed by atoms with van der Waals surface area (Å²) in [4.78, 5) is 70.1. The molecule has 1 saturated heterocycles. The van der Waals surface area contributed by atoms with Gasteiger partial charge in [0.2, 0.25) is 27.4 Å². The van der Waals surface area contributed by atoms with Crippen molar-refractivity contribution in [2.24, 2.45) is 11.3 Å². The summed E-state index contributed by atoms with van der Waals surface area (Å²) in [6.07, 6.45) is -3.39. The minimum Gasteiger partial charge on any atom is -0.470 e. The highest BCUT2D eigenvalue weighted by atomic mass is 32.2. The van der Waals surface area contributed by atoms with Gasteiger partial charge in [-0.15, -0.1) is 17.9 Å². The van der Waals surface area contributed by atoms with Crippen LogP contribution in [0.2, 0.25) is 0 Å². The number of methoxy groups -OCH3 is 1. The minimum absolute atomic E-state index is 0.0166. The lowest BCUT2D eigenvalue weighted by Gasteiger charge is -2.35. The van der Waals surface area contributed by atoms with Gasteiger partial charge in [-0.1, -0.05) is 51.1 Å². The molecule has 5 atom stereocenters. The zero-order valence-corrected chi connectivity index (χ0v) is 35.9. The van der Waals surface area contributed by atoms with E-state index >= 15 is 0 Å². The molecule has 16 nitrogen and oxygen atoms in total. The van der Waals surface area contributed by atoms with E-state index in [1.807, 2.05) is 0 Å². The molecule has 3 aromatic heterocycles. The highest BCUT2D eigenvalue weighted by molar-refractivity contribution is 7.91. The lowest BCUT2D eigenvalue weighted by molar-refractivity contribution is -0.141. The van der Waals surface area contributed by atoms with Gasteiger partial charge in [0.05, 0.1) is 24.5 Å². The second-order valence-corrected chi connectivity index (χ2v) is 19.7. The molecule has 3 fully saturated rings. The summed E-state index contributed by atoms with van der Waals surface area (Å²) in [5, 5.41) is 7.43. The summed E-state index contributed by atoms with van der Waals surface area (Å²) in [6.45, 7) is 8.92. The van der Waals surface area contributed by atoms with Crippen LogP contribution in [0.15, 0.2) is 71.0 Å². The zero-order valence-electron chi connectivity index (χ0n) is 34.3. The van der Waals surface area contributed by atoms with Gasteiger partial charge in [-0.05, 0) is 48.9 Å². The van der Waals surface area contributed by atoms with Crippen LogP contribution in [-0.2, 0) is 35.3 Å². The molecule has 3 aliphatic rings. The molecule has 0 spiro atoms. The molecule has 3 amide bonds. The quantitative estimate of drug-likeness (QED) is 0.0936. The van der Waals surface area contributed by atoms with Crippen LogP contribution in [-0.4, -0.2) is 94.6 Å². The maximum absolute atomic E-state index is 14.9. The Morgan fingerprint density at radius 2 is 1.76 bits per heavy atom. The van der Waals surface area contributed by atoms with Gasteiger partial charge in [-0.3, -0.25) is 19.1 Å². The Bertz CT molecular complexity index is 2770. The number of likely N-dealkylation sites (tertiary alicyclic amines) is 1. The van der Waals surface area contributed by atoms with Gasteiger partial charge >= 0.3 is 12.1 Å². The maximum Gasteiger partial charge on any atom is 0.416 e. The van der Waals surface area contributed by atoms with Gasteiger partial charge in [0.1, 0.15) is 34.8 Å². The van der Waals surface area contributed by atoms with Crippen LogP contribution in [0.1, 0.15) is 62.5 Å². The first kappa shape index (κ1) is 43.6. The summed E-state index contributed by atoms with van der Waals surface area (Å²) in [5.74, 6) is -3.64. The number of nitrogens with one attached hydrogen (secondary N) is 3. The Hall–Kier alpha value is -6.09. The molecule has 1 aliphatic heterocycles. The molecule has 8 rings (SSSR count). The summed E-state index contributed by atoms with van der Waals surface area (Å²) in [5.41, 5.74) is -2.28. The number of rotatable bonds is 13. The molecule has 332 valence electrons. The van der Waals surface area contributed by atoms with Gasteiger partial charge in [0, 0.05) is 28.7 Å². The van der Waals surface area contributed by atoms with Gasteiger partial charge in [-0.2, -0.15) is 18.2 Å². The zero-order chi connectivity index (χ0) is 45.2. The van der Waals surface area contributed by atoms with Gasteiger partial charge in [-0.25, -0.2) is 23.2 Å². The van der Waals surface area contributed by atoms with Crippen molar-refractivity contribution < 1.29 is 54.7 Å². The fourth-order valence-corrected chi connectivity index (χ4v) is 9.68. The molecule has 2 saturated carbocycles. The van der Waals surface area contributed by atoms with Crippen molar-refractivity contribution in [2.75, 3.05) is 19.0 Å². The van der Waals surface area contributed by atoms with E-state index in [0.29, 0.717) is 29.3 Å². The molecule has 0 radical (unpaired) electrons. The normalized spacial score (nSPS) is 21.8. The van der Waals surface area contributed by atoms with Crippen LogP contribution in [0.3, 0.4) is 0 Å². The fraction of sp³-hybridized carbons (Fsp3) is 0.405. The predicted octanol–water partition coefficient (Wildman–Crippen LogP) is 5.85. The van der Waals surface area contributed by atoms with Crippen molar-refractivity contribution >= 4 is 72.3 Å². The van der Waals surface area contributed by atoms with Crippen molar-refractivity contribution in [1.82, 2.24) is 29.9 Å². The molecule has 21 heteroatoms. The molecule has 4 heterocycles. The standard InChI is InChI=1S/C42H42F3N7O9S2/c1-6-22-18-41(22,38(56)51-63(57,58)25-15-16-25)50-34(53)28-17-24(19-52(28)36(54)32(40(2,3)4)48-39-46-27(20-62-39)37(55)59-5)60-35-31-30(26-9-7-8-10-29(26)61-31)47-33(49-35)21-11-13-23(14-12-21)42(43,44)45/h6-14,20,22,24-25,28,32H,1,15-19H2,2-5H3,(H,46,48)(H,50,53)(H,51,56)/t22-,24-,28+,32-,41?/m1/s1. The highest BCUT2D eigenvalue weighted by Gasteiger charge is 2.62. The van der Waals surface area contributed by atoms with Crippen LogP contribution < -0.4 is 20.1 Å². The van der Waals surface area contributed by atoms with E-state index in [9.17, 15) is 40.8 Å². The first-order chi connectivity index (χ1) is 29.7. The lowest BCUT2D eigenvalue weighted by Crippen LogP contribution is -2.58. The van der Waals surface area contributed by atoms with E-state index in [2.05, 4.69) is 36.9 Å². The molecular formula is C42H42F3N7O9S2. The SMILES string of the molecule is C=C[C@@H]1CC1(NC(=O)[C@@H]1C[C@@H](Oc2nc(-c3ccc(C(F)(F)F)cc3)nc3c2oc2ccccc23)CN1C(=O)[C@@H](Nc1nc(C(=O)OC)cs1)C(C)(C)C)C(=O)NS(=O)(=O)C1CC1. The largest absolute Gasteiger partial charge is 0.470 e. The molecule has 2 aliphatic carbocycles. The number of hydrogen-bond donors (Lipinski definition) is 3. The van der Waals surface area contributed by atoms with Crippen LogP contribution in [0, 0.1) is 11.3 Å². The van der Waals surface area contributed by atoms with Crippen LogP contribution >= 0.6 is 11.3 Å². The number of furan rings is 1. The van der Waals surface area contributed by atoms with E-state index in [-0.39, 0.29) is 53.1 Å². The topological polar surface area (TPSA) is 212 Å². The third-order valence-corrected chi connectivity index (χ3v) is 13.9. The van der Waals surface area contributed by atoms with Crippen molar-refractivity contribution in [1.29, 1.82) is 0 Å². The summed E-state index contributed by atoms with van der Waals surface area (Å²) in [7, 11) is -2.78. The van der Waals surface area contributed by atoms with Crippen molar-refractivity contribution in [3.63, 3.8) is 0 Å². The number of carbonyl (C=O) groups is 4. The Balaban J connectivity index is 1.15. The Morgan fingerprint density at radius 1 is 1.05 bits per heavy atom. The summed E-state index contributed by atoms with van der Waals surface area (Å²) < 4.78 is 85.7. The van der Waals surface area contributed by atoms with Crippen molar-refractivity contribution in [3.8, 4) is 17.3 Å². The van der Waals surface area contributed by atoms with E-state index < -0.39 is 85.8 Å². The van der Waals surface area contributed by atoms with Gasteiger partial charge < -0.3 is 29.4 Å². The predicted molar refractivity (Wildman–Crippen MR) is 224 cm³/mol. The molecule has 1 unspecified atom stereocenters.